The first-order chi connectivity index (χ1) is 7.11. The zero-order valence-corrected chi connectivity index (χ0v) is 10.1. The van der Waals surface area contributed by atoms with Crippen molar-refractivity contribution in [2.24, 2.45) is 17.8 Å². The summed E-state index contributed by atoms with van der Waals surface area (Å²) in [5, 5.41) is 9.92. The summed E-state index contributed by atoms with van der Waals surface area (Å²) in [6.45, 7) is 4.04. The molecule has 0 spiro atoms. The molecule has 0 aliphatic heterocycles. The monoisotopic (exact) mass is 208 g/mol. The van der Waals surface area contributed by atoms with E-state index in [0.717, 1.165) is 30.6 Å². The largest absolute Gasteiger partial charge is 0.390 e. The van der Waals surface area contributed by atoms with Gasteiger partial charge in [-0.1, -0.05) is 25.5 Å². The zero-order chi connectivity index (χ0) is 10.9. The topological polar surface area (TPSA) is 20.2 Å². The molecule has 0 aromatic rings. The molecule has 1 heteroatoms. The maximum atomic E-state index is 9.92. The molecule has 1 nitrogen and oxygen atoms in total. The smallest absolute Gasteiger partial charge is 0.0617 e. The van der Waals surface area contributed by atoms with Crippen LogP contribution in [0.5, 0.6) is 0 Å². The number of hydrogen-bond donors (Lipinski definition) is 1. The molecular formula is C14H24O. The van der Waals surface area contributed by atoms with Crippen LogP contribution in [0.2, 0.25) is 0 Å². The van der Waals surface area contributed by atoms with E-state index < -0.39 is 5.60 Å². The van der Waals surface area contributed by atoms with Gasteiger partial charge in [0.15, 0.2) is 0 Å². The number of aliphatic hydroxyl groups is 1. The fraction of sp³-hybridized carbons (Fsp3) is 0.857. The molecule has 15 heavy (non-hydrogen) atoms. The van der Waals surface area contributed by atoms with Crippen molar-refractivity contribution in [1.29, 1.82) is 0 Å². The van der Waals surface area contributed by atoms with Gasteiger partial charge in [0.2, 0.25) is 0 Å². The van der Waals surface area contributed by atoms with E-state index in [4.69, 9.17) is 0 Å². The Kier molecular flexibility index (Phi) is 3.20. The highest BCUT2D eigenvalue weighted by molar-refractivity contribution is 5.09. The van der Waals surface area contributed by atoms with E-state index in [-0.39, 0.29) is 0 Å². The lowest BCUT2D eigenvalue weighted by Crippen LogP contribution is -2.22. The second-order valence-corrected chi connectivity index (χ2v) is 5.78. The van der Waals surface area contributed by atoms with Crippen molar-refractivity contribution >= 4 is 0 Å². The molecule has 2 aliphatic rings. The normalized spacial score (nSPS) is 37.1. The SMILES string of the molecule is CCC(C)(O)CCCC1CC2C=CC1C2. The van der Waals surface area contributed by atoms with E-state index in [1.165, 1.54) is 25.7 Å². The van der Waals surface area contributed by atoms with Gasteiger partial charge in [0.25, 0.3) is 0 Å². The third-order valence-corrected chi connectivity index (χ3v) is 4.47. The van der Waals surface area contributed by atoms with Gasteiger partial charge >= 0.3 is 0 Å². The van der Waals surface area contributed by atoms with E-state index in [2.05, 4.69) is 19.1 Å². The summed E-state index contributed by atoms with van der Waals surface area (Å²) in [5.74, 6) is 2.70. The molecule has 1 N–H and O–H groups in total. The maximum absolute atomic E-state index is 9.92. The lowest BCUT2D eigenvalue weighted by atomic mass is 9.86. The number of rotatable bonds is 5. The molecule has 0 aromatic heterocycles. The van der Waals surface area contributed by atoms with E-state index in [0.29, 0.717) is 0 Å². The van der Waals surface area contributed by atoms with Gasteiger partial charge in [-0.25, -0.2) is 0 Å². The van der Waals surface area contributed by atoms with Gasteiger partial charge in [0, 0.05) is 0 Å². The molecule has 0 aromatic carbocycles. The van der Waals surface area contributed by atoms with Crippen LogP contribution in [0.25, 0.3) is 0 Å². The summed E-state index contributed by atoms with van der Waals surface area (Å²) < 4.78 is 0. The second kappa shape index (κ2) is 4.29. The van der Waals surface area contributed by atoms with Crippen LogP contribution in [0.4, 0.5) is 0 Å². The van der Waals surface area contributed by atoms with Crippen LogP contribution in [0.15, 0.2) is 12.2 Å². The standard InChI is InChI=1S/C14H24O/c1-3-14(2,15)8-4-5-12-9-11-6-7-13(12)10-11/h6-7,11-13,15H,3-5,8-10H2,1-2H3. The molecule has 0 amide bonds. The summed E-state index contributed by atoms with van der Waals surface area (Å²) >= 11 is 0. The lowest BCUT2D eigenvalue weighted by molar-refractivity contribution is 0.0428. The Bertz CT molecular complexity index is 242. The van der Waals surface area contributed by atoms with Crippen LogP contribution in [0, 0.1) is 17.8 Å². The molecule has 2 rings (SSSR count). The van der Waals surface area contributed by atoms with Gasteiger partial charge in [0.1, 0.15) is 0 Å². The minimum atomic E-state index is -0.423. The predicted octanol–water partition coefficient (Wildman–Crippen LogP) is 3.53. The van der Waals surface area contributed by atoms with Gasteiger partial charge in [-0.15, -0.1) is 0 Å². The second-order valence-electron chi connectivity index (χ2n) is 5.78. The maximum Gasteiger partial charge on any atom is 0.0617 e. The van der Waals surface area contributed by atoms with Gasteiger partial charge in [0.05, 0.1) is 5.60 Å². The summed E-state index contributed by atoms with van der Waals surface area (Å²) in [5.41, 5.74) is -0.423. The van der Waals surface area contributed by atoms with Crippen molar-refractivity contribution in [2.45, 2.75) is 58.0 Å². The number of hydrogen-bond acceptors (Lipinski definition) is 1. The van der Waals surface area contributed by atoms with E-state index in [1.807, 2.05) is 6.92 Å². The van der Waals surface area contributed by atoms with Crippen LogP contribution in [0.1, 0.15) is 52.4 Å². The van der Waals surface area contributed by atoms with Crippen molar-refractivity contribution in [1.82, 2.24) is 0 Å². The fourth-order valence-corrected chi connectivity index (χ4v) is 3.15. The third-order valence-electron chi connectivity index (χ3n) is 4.47. The van der Waals surface area contributed by atoms with Gasteiger partial charge in [-0.3, -0.25) is 0 Å². The minimum Gasteiger partial charge on any atom is -0.390 e. The van der Waals surface area contributed by atoms with Crippen LogP contribution >= 0.6 is 0 Å². The first kappa shape index (κ1) is 11.2. The van der Waals surface area contributed by atoms with Gasteiger partial charge in [-0.2, -0.15) is 0 Å². The first-order valence-electron chi connectivity index (χ1n) is 6.51. The zero-order valence-electron chi connectivity index (χ0n) is 10.1. The van der Waals surface area contributed by atoms with Crippen molar-refractivity contribution in [2.75, 3.05) is 0 Å². The van der Waals surface area contributed by atoms with Crippen molar-refractivity contribution in [3.05, 3.63) is 12.2 Å². The Balaban J connectivity index is 1.69. The molecule has 2 aliphatic carbocycles. The van der Waals surface area contributed by atoms with Crippen molar-refractivity contribution < 1.29 is 5.11 Å². The molecule has 0 saturated heterocycles. The highest BCUT2D eigenvalue weighted by Gasteiger charge is 2.35. The molecule has 4 unspecified atom stereocenters. The van der Waals surface area contributed by atoms with E-state index in [9.17, 15) is 5.11 Å². The fourth-order valence-electron chi connectivity index (χ4n) is 3.15. The molecular weight excluding hydrogens is 184 g/mol. The van der Waals surface area contributed by atoms with Crippen LogP contribution in [-0.2, 0) is 0 Å². The Hall–Kier alpha value is -0.300. The lowest BCUT2D eigenvalue weighted by Gasteiger charge is -2.23. The summed E-state index contributed by atoms with van der Waals surface area (Å²) in [7, 11) is 0. The summed E-state index contributed by atoms with van der Waals surface area (Å²) in [4.78, 5) is 0. The summed E-state index contributed by atoms with van der Waals surface area (Å²) in [6, 6.07) is 0. The average Bonchev–Trinajstić information content (AvgIpc) is 2.79. The summed E-state index contributed by atoms with van der Waals surface area (Å²) in [6.07, 6.45) is 12.0. The third kappa shape index (κ3) is 2.63. The molecule has 1 fully saturated rings. The average molecular weight is 208 g/mol. The molecule has 4 atom stereocenters. The molecule has 2 bridgehead atoms. The molecule has 86 valence electrons. The molecule has 0 heterocycles. The van der Waals surface area contributed by atoms with E-state index >= 15 is 0 Å². The molecule has 0 radical (unpaired) electrons. The Morgan fingerprint density at radius 3 is 2.67 bits per heavy atom. The number of allylic oxidation sites excluding steroid dienone is 2. The quantitative estimate of drug-likeness (QED) is 0.685. The highest BCUT2D eigenvalue weighted by Crippen LogP contribution is 2.45. The van der Waals surface area contributed by atoms with Gasteiger partial charge < -0.3 is 5.11 Å². The predicted molar refractivity (Wildman–Crippen MR) is 63.6 cm³/mol. The minimum absolute atomic E-state index is 0.423. The first-order valence-corrected chi connectivity index (χ1v) is 6.51. The van der Waals surface area contributed by atoms with Crippen molar-refractivity contribution in [3.63, 3.8) is 0 Å². The van der Waals surface area contributed by atoms with Gasteiger partial charge in [-0.05, 0) is 56.8 Å². The Morgan fingerprint density at radius 2 is 2.13 bits per heavy atom. The van der Waals surface area contributed by atoms with Crippen LogP contribution in [0.3, 0.4) is 0 Å². The van der Waals surface area contributed by atoms with E-state index in [1.54, 1.807) is 0 Å². The Labute approximate surface area is 93.6 Å². The van der Waals surface area contributed by atoms with Crippen LogP contribution in [-0.4, -0.2) is 10.7 Å². The van der Waals surface area contributed by atoms with Crippen LogP contribution < -0.4 is 0 Å². The number of fused-ring (bicyclic) bond motifs is 2. The highest BCUT2D eigenvalue weighted by atomic mass is 16.3. The molecule has 1 saturated carbocycles. The Morgan fingerprint density at radius 1 is 1.33 bits per heavy atom. The van der Waals surface area contributed by atoms with Crippen molar-refractivity contribution in [3.8, 4) is 0 Å².